The van der Waals surface area contributed by atoms with Gasteiger partial charge in [0.15, 0.2) is 0 Å². The summed E-state index contributed by atoms with van der Waals surface area (Å²) in [5.41, 5.74) is 3.34. The number of nitrogens with zero attached hydrogens (tertiary/aromatic N) is 3. The summed E-state index contributed by atoms with van der Waals surface area (Å²) in [6.45, 7) is 11.8. The Balaban J connectivity index is 2.00. The number of nitrogens with one attached hydrogen (secondary N) is 1. The lowest BCUT2D eigenvalue weighted by molar-refractivity contribution is 0.0905. The molecule has 0 saturated heterocycles. The first-order chi connectivity index (χ1) is 14.0. The third kappa shape index (κ3) is 4.21. The molecule has 6 nitrogen and oxygen atoms in total. The van der Waals surface area contributed by atoms with Gasteiger partial charge >= 0.3 is 0 Å². The lowest BCUT2D eigenvalue weighted by Crippen LogP contribution is -2.36. The van der Waals surface area contributed by atoms with E-state index in [-0.39, 0.29) is 22.9 Å². The van der Waals surface area contributed by atoms with E-state index >= 15 is 0 Å². The highest BCUT2D eigenvalue weighted by Gasteiger charge is 2.30. The zero-order chi connectivity index (χ0) is 22.2. The van der Waals surface area contributed by atoms with Gasteiger partial charge in [-0.05, 0) is 37.3 Å². The molecule has 0 radical (unpaired) electrons. The maximum Gasteiger partial charge on any atom is 0.277 e. The highest BCUT2D eigenvalue weighted by Crippen LogP contribution is 2.34. The van der Waals surface area contributed by atoms with Gasteiger partial charge in [-0.25, -0.2) is 9.67 Å². The van der Waals surface area contributed by atoms with Crippen LogP contribution in [0.1, 0.15) is 59.0 Å². The smallest absolute Gasteiger partial charge is 0.277 e. The number of thiazole rings is 1. The molecule has 3 rings (SSSR count). The van der Waals surface area contributed by atoms with E-state index in [9.17, 15) is 9.59 Å². The fourth-order valence-corrected chi connectivity index (χ4v) is 4.52. The summed E-state index contributed by atoms with van der Waals surface area (Å²) in [6.07, 6.45) is 0. The molecule has 0 fully saturated rings. The number of hydrogen-bond donors (Lipinski definition) is 1. The predicted octanol–water partition coefficient (Wildman–Crippen LogP) is 4.35. The first-order valence-corrected chi connectivity index (χ1v) is 10.7. The van der Waals surface area contributed by atoms with Gasteiger partial charge in [0.05, 0.1) is 23.0 Å². The lowest BCUT2D eigenvalue weighted by atomic mass is 9.82. The van der Waals surface area contributed by atoms with Crippen LogP contribution in [-0.2, 0) is 7.05 Å². The molecule has 0 aliphatic rings. The second-order valence-electron chi connectivity index (χ2n) is 8.63. The molecule has 0 aliphatic carbocycles. The number of carbonyl (C=O) groups is 1. The zero-order valence-corrected chi connectivity index (χ0v) is 19.3. The maximum absolute atomic E-state index is 13.2. The molecule has 1 aromatic carbocycles. The second kappa shape index (κ2) is 8.14. The van der Waals surface area contributed by atoms with E-state index in [1.165, 1.54) is 16.0 Å². The summed E-state index contributed by atoms with van der Waals surface area (Å²) in [5.74, 6) is -0.180. The van der Waals surface area contributed by atoms with Gasteiger partial charge in [-0.2, -0.15) is 5.10 Å². The molecule has 2 aromatic heterocycles. The molecule has 1 atom stereocenters. The Bertz CT molecular complexity index is 1140. The number of benzene rings is 1. The van der Waals surface area contributed by atoms with Crippen LogP contribution in [0, 0.1) is 26.2 Å². The SMILES string of the molecule is Cc1nc(-c2c(C)c(C)nn(C)c2=O)sc1C(=O)NC(c1ccccc1)C(C)(C)C. The van der Waals surface area contributed by atoms with Crippen LogP contribution in [0.2, 0.25) is 0 Å². The normalized spacial score (nSPS) is 12.6. The van der Waals surface area contributed by atoms with Crippen LogP contribution in [0.15, 0.2) is 35.1 Å². The molecule has 0 aliphatic heterocycles. The van der Waals surface area contributed by atoms with Crippen molar-refractivity contribution in [2.45, 2.75) is 47.6 Å². The Kier molecular flexibility index (Phi) is 5.94. The Morgan fingerprint density at radius 3 is 2.33 bits per heavy atom. The number of aromatic nitrogens is 3. The van der Waals surface area contributed by atoms with E-state index in [2.05, 4.69) is 36.2 Å². The van der Waals surface area contributed by atoms with Crippen molar-refractivity contribution in [2.24, 2.45) is 12.5 Å². The van der Waals surface area contributed by atoms with Crippen LogP contribution >= 0.6 is 11.3 Å². The van der Waals surface area contributed by atoms with Crippen molar-refractivity contribution >= 4 is 17.2 Å². The maximum atomic E-state index is 13.2. The highest BCUT2D eigenvalue weighted by molar-refractivity contribution is 7.17. The van der Waals surface area contributed by atoms with E-state index in [0.29, 0.717) is 21.1 Å². The second-order valence-corrected chi connectivity index (χ2v) is 9.63. The van der Waals surface area contributed by atoms with E-state index in [1.807, 2.05) is 44.2 Å². The molecule has 2 heterocycles. The first-order valence-electron chi connectivity index (χ1n) is 9.88. The molecule has 158 valence electrons. The molecule has 1 amide bonds. The third-order valence-electron chi connectivity index (χ3n) is 5.22. The molecule has 0 spiro atoms. The van der Waals surface area contributed by atoms with Gasteiger partial charge in [0, 0.05) is 7.05 Å². The summed E-state index contributed by atoms with van der Waals surface area (Å²) in [6, 6.07) is 9.79. The number of rotatable bonds is 4. The van der Waals surface area contributed by atoms with E-state index in [0.717, 1.165) is 16.8 Å². The minimum absolute atomic E-state index is 0.158. The summed E-state index contributed by atoms with van der Waals surface area (Å²) >= 11 is 1.25. The monoisotopic (exact) mass is 424 g/mol. The van der Waals surface area contributed by atoms with Crippen LogP contribution in [0.4, 0.5) is 0 Å². The number of hydrogen-bond acceptors (Lipinski definition) is 5. The zero-order valence-electron chi connectivity index (χ0n) is 18.5. The van der Waals surface area contributed by atoms with Crippen LogP contribution in [0.25, 0.3) is 10.6 Å². The van der Waals surface area contributed by atoms with Gasteiger partial charge in [0.25, 0.3) is 11.5 Å². The van der Waals surface area contributed by atoms with E-state index in [4.69, 9.17) is 0 Å². The van der Waals surface area contributed by atoms with E-state index in [1.54, 1.807) is 14.0 Å². The summed E-state index contributed by atoms with van der Waals surface area (Å²) in [4.78, 5) is 31.0. The summed E-state index contributed by atoms with van der Waals surface area (Å²) < 4.78 is 1.32. The van der Waals surface area contributed by atoms with Crippen molar-refractivity contribution in [2.75, 3.05) is 0 Å². The van der Waals surface area contributed by atoms with Crippen molar-refractivity contribution in [3.63, 3.8) is 0 Å². The summed E-state index contributed by atoms with van der Waals surface area (Å²) in [7, 11) is 1.63. The fraction of sp³-hybridized carbons (Fsp3) is 0.391. The van der Waals surface area contributed by atoms with Crippen molar-refractivity contribution in [3.05, 3.63) is 68.1 Å². The average molecular weight is 425 g/mol. The molecule has 0 bridgehead atoms. The largest absolute Gasteiger partial charge is 0.344 e. The summed E-state index contributed by atoms with van der Waals surface area (Å²) in [5, 5.41) is 7.96. The number of amides is 1. The van der Waals surface area contributed by atoms with Crippen molar-refractivity contribution < 1.29 is 4.79 Å². The average Bonchev–Trinajstić information content (AvgIpc) is 3.05. The highest BCUT2D eigenvalue weighted by atomic mass is 32.1. The molecular formula is C23H28N4O2S. The fourth-order valence-electron chi connectivity index (χ4n) is 3.46. The van der Waals surface area contributed by atoms with Gasteiger partial charge in [-0.3, -0.25) is 9.59 Å². The Morgan fingerprint density at radius 2 is 1.73 bits per heavy atom. The van der Waals surface area contributed by atoms with Crippen LogP contribution < -0.4 is 10.9 Å². The molecule has 30 heavy (non-hydrogen) atoms. The molecule has 0 saturated carbocycles. The molecule has 3 aromatic rings. The standard InChI is InChI=1S/C23H28N4O2S/c1-13-14(2)26-27(7)22(29)17(13)21-24-15(3)18(30-21)20(28)25-19(23(4,5)6)16-11-9-8-10-12-16/h8-12,19H,1-7H3,(H,25,28). The van der Waals surface area contributed by atoms with Gasteiger partial charge < -0.3 is 5.32 Å². The minimum atomic E-state index is -0.212. The Morgan fingerprint density at radius 1 is 1.10 bits per heavy atom. The minimum Gasteiger partial charge on any atom is -0.344 e. The van der Waals surface area contributed by atoms with Crippen LogP contribution in [0.5, 0.6) is 0 Å². The van der Waals surface area contributed by atoms with Gasteiger partial charge in [-0.1, -0.05) is 51.1 Å². The van der Waals surface area contributed by atoms with Gasteiger partial charge in [-0.15, -0.1) is 11.3 Å². The van der Waals surface area contributed by atoms with Crippen LogP contribution in [0.3, 0.4) is 0 Å². The molecule has 7 heteroatoms. The molecule has 1 unspecified atom stereocenters. The topological polar surface area (TPSA) is 76.9 Å². The van der Waals surface area contributed by atoms with Crippen molar-refractivity contribution in [3.8, 4) is 10.6 Å². The third-order valence-corrected chi connectivity index (χ3v) is 6.39. The Labute approximate surface area is 181 Å². The molecular weight excluding hydrogens is 396 g/mol. The Hall–Kier alpha value is -2.80. The van der Waals surface area contributed by atoms with Crippen LogP contribution in [-0.4, -0.2) is 20.7 Å². The first kappa shape index (κ1) is 21.9. The number of carbonyl (C=O) groups excluding carboxylic acids is 1. The predicted molar refractivity (Wildman–Crippen MR) is 121 cm³/mol. The van der Waals surface area contributed by atoms with Crippen molar-refractivity contribution in [1.82, 2.24) is 20.1 Å². The molecule has 1 N–H and O–H groups in total. The number of aryl methyl sites for hydroxylation is 3. The quantitative estimate of drug-likeness (QED) is 0.676. The lowest BCUT2D eigenvalue weighted by Gasteiger charge is -2.32. The van der Waals surface area contributed by atoms with Crippen molar-refractivity contribution in [1.29, 1.82) is 0 Å². The van der Waals surface area contributed by atoms with Gasteiger partial charge in [0.2, 0.25) is 0 Å². The van der Waals surface area contributed by atoms with E-state index < -0.39 is 0 Å². The van der Waals surface area contributed by atoms with Gasteiger partial charge in [0.1, 0.15) is 9.88 Å².